The van der Waals surface area contributed by atoms with Gasteiger partial charge in [-0.15, -0.1) is 0 Å². The van der Waals surface area contributed by atoms with Gasteiger partial charge >= 0.3 is 0 Å². The molecule has 8 nitrogen and oxygen atoms in total. The lowest BCUT2D eigenvalue weighted by atomic mass is 10.0. The summed E-state index contributed by atoms with van der Waals surface area (Å²) in [6.45, 7) is 1.76. The van der Waals surface area contributed by atoms with Gasteiger partial charge in [-0.2, -0.15) is 0 Å². The average molecular weight is 433 g/mol. The molecular formula is C20H20FN3O5S. The Labute approximate surface area is 171 Å². The fraction of sp³-hybridized carbons (Fsp3) is 0.250. The monoisotopic (exact) mass is 433 g/mol. The van der Waals surface area contributed by atoms with E-state index < -0.39 is 32.4 Å². The number of carbonyl (C=O) groups is 1. The first-order valence-corrected chi connectivity index (χ1v) is 11.0. The highest BCUT2D eigenvalue weighted by Crippen LogP contribution is 2.26. The predicted molar refractivity (Wildman–Crippen MR) is 109 cm³/mol. The van der Waals surface area contributed by atoms with Crippen molar-refractivity contribution in [1.29, 1.82) is 0 Å². The molecule has 30 heavy (non-hydrogen) atoms. The Kier molecular flexibility index (Phi) is 5.99. The van der Waals surface area contributed by atoms with Crippen molar-refractivity contribution < 1.29 is 22.8 Å². The molecule has 0 aliphatic carbocycles. The van der Waals surface area contributed by atoms with E-state index in [0.717, 1.165) is 22.5 Å². The van der Waals surface area contributed by atoms with Crippen LogP contribution in [0.4, 0.5) is 4.39 Å². The number of aromatic nitrogens is 2. The third-order valence-corrected chi connectivity index (χ3v) is 6.31. The van der Waals surface area contributed by atoms with E-state index in [1.54, 1.807) is 12.1 Å². The van der Waals surface area contributed by atoms with Gasteiger partial charge in [0.1, 0.15) is 11.1 Å². The van der Waals surface area contributed by atoms with Gasteiger partial charge in [0.05, 0.1) is 17.2 Å². The summed E-state index contributed by atoms with van der Waals surface area (Å²) in [5.41, 5.74) is 3.03. The number of amides is 1. The molecule has 158 valence electrons. The molecule has 1 unspecified atom stereocenters. The van der Waals surface area contributed by atoms with Crippen LogP contribution in [0.25, 0.3) is 22.0 Å². The Balaban J connectivity index is 1.96. The summed E-state index contributed by atoms with van der Waals surface area (Å²) in [7, 11) is -3.82. The van der Waals surface area contributed by atoms with Crippen molar-refractivity contribution in [3.05, 3.63) is 64.5 Å². The molecule has 1 amide bonds. The van der Waals surface area contributed by atoms with E-state index >= 15 is 0 Å². The van der Waals surface area contributed by atoms with Gasteiger partial charge in [-0.25, -0.2) is 23.3 Å². The van der Waals surface area contributed by atoms with Gasteiger partial charge in [0.25, 0.3) is 11.5 Å². The molecule has 0 saturated carbocycles. The number of rotatable bonds is 6. The Hall–Kier alpha value is -3.11. The van der Waals surface area contributed by atoms with Gasteiger partial charge in [0.15, 0.2) is 9.84 Å². The number of hydrogen-bond acceptors (Lipinski definition) is 6. The minimum atomic E-state index is -3.82. The van der Waals surface area contributed by atoms with Crippen LogP contribution in [0.15, 0.2) is 47.5 Å². The van der Waals surface area contributed by atoms with Gasteiger partial charge in [-0.3, -0.25) is 19.4 Å². The van der Waals surface area contributed by atoms with Gasteiger partial charge < -0.3 is 0 Å². The van der Waals surface area contributed by atoms with Crippen molar-refractivity contribution in [3.63, 3.8) is 0 Å². The fourth-order valence-electron chi connectivity index (χ4n) is 3.16. The van der Waals surface area contributed by atoms with E-state index in [2.05, 4.69) is 4.98 Å². The maximum absolute atomic E-state index is 14.7. The molecule has 10 heteroatoms. The summed E-state index contributed by atoms with van der Waals surface area (Å²) >= 11 is 0. The Bertz CT molecular complexity index is 1270. The van der Waals surface area contributed by atoms with Crippen molar-refractivity contribution in [2.45, 2.75) is 25.1 Å². The van der Waals surface area contributed by atoms with Gasteiger partial charge in [0.2, 0.25) is 0 Å². The quantitative estimate of drug-likeness (QED) is 0.452. The molecular weight excluding hydrogens is 413 g/mol. The number of aryl methyl sites for hydroxylation is 2. The van der Waals surface area contributed by atoms with Gasteiger partial charge in [-0.1, -0.05) is 29.8 Å². The maximum Gasteiger partial charge on any atom is 0.261 e. The fourth-order valence-corrected chi connectivity index (χ4v) is 4.14. The highest BCUT2D eigenvalue weighted by Gasteiger charge is 2.28. The van der Waals surface area contributed by atoms with Gasteiger partial charge in [0, 0.05) is 18.4 Å². The third kappa shape index (κ3) is 4.39. The molecule has 3 rings (SSSR count). The van der Waals surface area contributed by atoms with E-state index in [-0.39, 0.29) is 18.4 Å². The Morgan fingerprint density at radius 3 is 2.53 bits per heavy atom. The van der Waals surface area contributed by atoms with Crippen LogP contribution in [0.5, 0.6) is 0 Å². The van der Waals surface area contributed by atoms with Crippen molar-refractivity contribution in [2.75, 3.05) is 6.26 Å². The lowest BCUT2D eigenvalue weighted by Gasteiger charge is -2.14. The summed E-state index contributed by atoms with van der Waals surface area (Å²) < 4.78 is 39.3. The number of nitrogens with zero attached hydrogens (tertiary/aromatic N) is 2. The largest absolute Gasteiger partial charge is 0.299 e. The molecule has 1 aromatic heterocycles. The number of sulfone groups is 1. The van der Waals surface area contributed by atoms with E-state index in [9.17, 15) is 22.4 Å². The van der Waals surface area contributed by atoms with E-state index in [1.165, 1.54) is 17.9 Å². The molecule has 0 aliphatic rings. The van der Waals surface area contributed by atoms with Gasteiger partial charge in [-0.05, 0) is 31.0 Å². The maximum atomic E-state index is 14.7. The third-order valence-electron chi connectivity index (χ3n) is 4.83. The molecule has 1 heterocycles. The molecule has 0 saturated heterocycles. The summed E-state index contributed by atoms with van der Waals surface area (Å²) in [6.07, 6.45) is 1.82. The molecule has 2 N–H and O–H groups in total. The number of nitrogens with one attached hydrogen (secondary N) is 1. The molecule has 0 spiro atoms. The highest BCUT2D eigenvalue weighted by atomic mass is 32.2. The zero-order chi connectivity index (χ0) is 22.1. The summed E-state index contributed by atoms with van der Waals surface area (Å²) in [5, 5.41) is 7.24. The number of benzene rings is 2. The number of hydrogen-bond donors (Lipinski definition) is 2. The van der Waals surface area contributed by atoms with Crippen LogP contribution < -0.4 is 11.0 Å². The standard InChI is InChI=1S/C20H20FN3O5S/c1-12-3-5-13(6-4-12)14-10-17-15(9-16(14)21)20(26)24(11-22-17)8-7-18(19(25)23-27)30(2,28)29/h3-6,9-11,18,27H,7-8H2,1-2H3,(H,23,25). The van der Waals surface area contributed by atoms with E-state index in [4.69, 9.17) is 5.21 Å². The number of fused-ring (bicyclic) bond motifs is 1. The van der Waals surface area contributed by atoms with Crippen LogP contribution in [0.1, 0.15) is 12.0 Å². The molecule has 1 atom stereocenters. The van der Waals surface area contributed by atoms with Crippen LogP contribution in [-0.4, -0.2) is 40.6 Å². The molecule has 0 aliphatic heterocycles. The smallest absolute Gasteiger partial charge is 0.261 e. The first-order valence-electron chi connectivity index (χ1n) is 9.00. The molecule has 0 bridgehead atoms. The average Bonchev–Trinajstić information content (AvgIpc) is 2.69. The van der Waals surface area contributed by atoms with E-state index in [1.807, 2.05) is 19.1 Å². The number of hydroxylamine groups is 1. The number of halogens is 1. The lowest BCUT2D eigenvalue weighted by molar-refractivity contribution is -0.128. The SMILES string of the molecule is Cc1ccc(-c2cc3ncn(CCC(C(=O)NO)S(C)(=O)=O)c(=O)c3cc2F)cc1. The Morgan fingerprint density at radius 1 is 1.27 bits per heavy atom. The second-order valence-corrected chi connectivity index (χ2v) is 9.27. The number of carbonyl (C=O) groups excluding carboxylic acids is 1. The normalized spacial score (nSPS) is 12.7. The van der Waals surface area contributed by atoms with Crippen molar-refractivity contribution >= 4 is 26.6 Å². The van der Waals surface area contributed by atoms with Crippen LogP contribution >= 0.6 is 0 Å². The predicted octanol–water partition coefficient (Wildman–Crippen LogP) is 1.82. The van der Waals surface area contributed by atoms with Crippen LogP contribution in [-0.2, 0) is 21.2 Å². The molecule has 0 radical (unpaired) electrons. The zero-order valence-electron chi connectivity index (χ0n) is 16.3. The molecule has 2 aromatic carbocycles. The van der Waals surface area contributed by atoms with Crippen LogP contribution in [0.3, 0.4) is 0 Å². The topological polar surface area (TPSA) is 118 Å². The minimum Gasteiger partial charge on any atom is -0.299 e. The molecule has 0 fully saturated rings. The summed E-state index contributed by atoms with van der Waals surface area (Å²) in [5.74, 6) is -1.68. The van der Waals surface area contributed by atoms with Crippen molar-refractivity contribution in [2.24, 2.45) is 0 Å². The second kappa shape index (κ2) is 8.33. The highest BCUT2D eigenvalue weighted by molar-refractivity contribution is 7.92. The first-order chi connectivity index (χ1) is 14.1. The second-order valence-electron chi connectivity index (χ2n) is 7.04. The Morgan fingerprint density at radius 2 is 1.93 bits per heavy atom. The minimum absolute atomic E-state index is 0.0355. The summed E-state index contributed by atoms with van der Waals surface area (Å²) in [4.78, 5) is 28.5. The zero-order valence-corrected chi connectivity index (χ0v) is 17.1. The van der Waals surface area contributed by atoms with Crippen molar-refractivity contribution in [3.8, 4) is 11.1 Å². The van der Waals surface area contributed by atoms with Crippen LogP contribution in [0, 0.1) is 12.7 Å². The van der Waals surface area contributed by atoms with E-state index in [0.29, 0.717) is 16.6 Å². The van der Waals surface area contributed by atoms with Crippen LogP contribution in [0.2, 0.25) is 0 Å². The lowest BCUT2D eigenvalue weighted by Crippen LogP contribution is -2.39. The van der Waals surface area contributed by atoms with Crippen molar-refractivity contribution in [1.82, 2.24) is 15.0 Å². The first kappa shape index (κ1) is 21.6. The molecule has 3 aromatic rings. The summed E-state index contributed by atoms with van der Waals surface area (Å²) in [6, 6.07) is 9.84.